The highest BCUT2D eigenvalue weighted by Gasteiger charge is 2.11. The zero-order valence-corrected chi connectivity index (χ0v) is 12.3. The zero-order valence-electron chi connectivity index (χ0n) is 9.94. The first-order valence-electron chi connectivity index (χ1n) is 5.52. The van der Waals surface area contributed by atoms with Crippen LogP contribution in [0.5, 0.6) is 0 Å². The number of pyridine rings is 1. The molecule has 0 amide bonds. The second-order valence-electron chi connectivity index (χ2n) is 3.87. The van der Waals surface area contributed by atoms with Gasteiger partial charge in [0.15, 0.2) is 5.13 Å². The molecule has 0 aliphatic carbocycles. The van der Waals surface area contributed by atoms with Crippen molar-refractivity contribution in [2.45, 2.75) is 12.3 Å². The Balaban J connectivity index is 1.97. The Morgan fingerprint density at radius 1 is 1.33 bits per heavy atom. The fourth-order valence-electron chi connectivity index (χ4n) is 1.51. The topological polar surface area (TPSA) is 29.0 Å². The van der Waals surface area contributed by atoms with Gasteiger partial charge in [0.05, 0.1) is 10.8 Å². The van der Waals surface area contributed by atoms with Crippen molar-refractivity contribution in [1.29, 1.82) is 0 Å². The molecule has 2 heterocycles. The third kappa shape index (κ3) is 3.34. The molecule has 0 saturated heterocycles. The molecular weight excluding hydrogens is 289 g/mol. The van der Waals surface area contributed by atoms with Gasteiger partial charge in [-0.05, 0) is 24.1 Å². The van der Waals surface area contributed by atoms with Gasteiger partial charge >= 0.3 is 0 Å². The first-order valence-corrected chi connectivity index (χ1v) is 7.25. The molecule has 0 fully saturated rings. The Kier molecular flexibility index (Phi) is 4.80. The van der Waals surface area contributed by atoms with Gasteiger partial charge < -0.3 is 4.90 Å². The first kappa shape index (κ1) is 13.6. The average molecular weight is 302 g/mol. The maximum absolute atomic E-state index is 5.99. The number of halogens is 2. The molecule has 0 unspecified atom stereocenters. The summed E-state index contributed by atoms with van der Waals surface area (Å²) in [6.45, 7) is 0.885. The quantitative estimate of drug-likeness (QED) is 0.790. The Morgan fingerprint density at radius 2 is 2.06 bits per heavy atom. The molecule has 0 bridgehead atoms. The molecule has 0 spiro atoms. The molecule has 0 atom stereocenters. The number of rotatable bonds is 5. The lowest BCUT2D eigenvalue weighted by Gasteiger charge is -2.15. The number of hydrogen-bond acceptors (Lipinski definition) is 4. The second-order valence-corrected chi connectivity index (χ2v) is 5.56. The van der Waals surface area contributed by atoms with E-state index in [4.69, 9.17) is 23.2 Å². The van der Waals surface area contributed by atoms with E-state index in [9.17, 15) is 0 Å². The molecule has 0 saturated carbocycles. The molecule has 0 radical (unpaired) electrons. The molecule has 6 heteroatoms. The van der Waals surface area contributed by atoms with Gasteiger partial charge in [-0.1, -0.05) is 22.9 Å². The van der Waals surface area contributed by atoms with E-state index in [1.165, 1.54) is 5.56 Å². The minimum Gasteiger partial charge on any atom is -0.351 e. The lowest BCUT2D eigenvalue weighted by molar-refractivity contribution is 0.870. The summed E-state index contributed by atoms with van der Waals surface area (Å²) in [5.41, 5.74) is 1.26. The predicted molar refractivity (Wildman–Crippen MR) is 77.9 cm³/mol. The highest BCUT2D eigenvalue weighted by Crippen LogP contribution is 2.30. The summed E-state index contributed by atoms with van der Waals surface area (Å²) in [5.74, 6) is 0.411. The van der Waals surface area contributed by atoms with Crippen LogP contribution in [0, 0.1) is 0 Å². The van der Waals surface area contributed by atoms with Crippen molar-refractivity contribution >= 4 is 39.7 Å². The largest absolute Gasteiger partial charge is 0.351 e. The van der Waals surface area contributed by atoms with E-state index in [1.54, 1.807) is 23.7 Å². The third-order valence-corrected chi connectivity index (χ3v) is 4.59. The van der Waals surface area contributed by atoms with Gasteiger partial charge in [0.1, 0.15) is 5.15 Å². The SMILES string of the molecule is CN(CCc1ccncc1)c1nc(Cl)c(CCl)s1. The van der Waals surface area contributed by atoms with Gasteiger partial charge in [0.25, 0.3) is 0 Å². The van der Waals surface area contributed by atoms with Crippen LogP contribution in [0.4, 0.5) is 5.13 Å². The fraction of sp³-hybridized carbons (Fsp3) is 0.333. The monoisotopic (exact) mass is 301 g/mol. The highest BCUT2D eigenvalue weighted by molar-refractivity contribution is 7.16. The number of hydrogen-bond donors (Lipinski definition) is 0. The van der Waals surface area contributed by atoms with E-state index in [1.807, 2.05) is 19.2 Å². The Morgan fingerprint density at radius 3 is 2.67 bits per heavy atom. The van der Waals surface area contributed by atoms with Crippen molar-refractivity contribution in [3.8, 4) is 0 Å². The van der Waals surface area contributed by atoms with E-state index < -0.39 is 0 Å². The lowest BCUT2D eigenvalue weighted by Crippen LogP contribution is -2.19. The summed E-state index contributed by atoms with van der Waals surface area (Å²) in [6, 6.07) is 4.04. The van der Waals surface area contributed by atoms with Crippen molar-refractivity contribution in [3.63, 3.8) is 0 Å². The number of thiazole rings is 1. The van der Waals surface area contributed by atoms with Gasteiger partial charge in [-0.2, -0.15) is 0 Å². The van der Waals surface area contributed by atoms with Crippen LogP contribution >= 0.6 is 34.5 Å². The standard InChI is InChI=1S/C12H13Cl2N3S/c1-17(7-4-9-2-5-15-6-3-9)12-16-11(14)10(8-13)18-12/h2-3,5-6H,4,7-8H2,1H3. The molecule has 18 heavy (non-hydrogen) atoms. The molecule has 2 aromatic rings. The molecule has 0 aromatic carbocycles. The van der Waals surface area contributed by atoms with Gasteiger partial charge in [0, 0.05) is 26.0 Å². The van der Waals surface area contributed by atoms with Crippen LogP contribution in [0.3, 0.4) is 0 Å². The molecule has 3 nitrogen and oxygen atoms in total. The highest BCUT2D eigenvalue weighted by atomic mass is 35.5. The van der Waals surface area contributed by atoms with Crippen molar-refractivity contribution < 1.29 is 0 Å². The van der Waals surface area contributed by atoms with Crippen LogP contribution in [0.2, 0.25) is 5.15 Å². The number of likely N-dealkylation sites (N-methyl/N-ethyl adjacent to an activating group) is 1. The molecule has 0 aliphatic rings. The summed E-state index contributed by atoms with van der Waals surface area (Å²) in [4.78, 5) is 11.3. The van der Waals surface area contributed by atoms with Crippen LogP contribution in [0.1, 0.15) is 10.4 Å². The van der Waals surface area contributed by atoms with Crippen molar-refractivity contribution in [1.82, 2.24) is 9.97 Å². The van der Waals surface area contributed by atoms with E-state index >= 15 is 0 Å². The Bertz CT molecular complexity index is 501. The first-order chi connectivity index (χ1) is 8.70. The van der Waals surface area contributed by atoms with Crippen LogP contribution in [-0.4, -0.2) is 23.6 Å². The Hall–Kier alpha value is -0.840. The smallest absolute Gasteiger partial charge is 0.186 e. The second kappa shape index (κ2) is 6.36. The van der Waals surface area contributed by atoms with E-state index in [0.29, 0.717) is 11.0 Å². The van der Waals surface area contributed by atoms with E-state index in [2.05, 4.69) is 14.9 Å². The van der Waals surface area contributed by atoms with Gasteiger partial charge in [0.2, 0.25) is 0 Å². The molecule has 0 aliphatic heterocycles. The van der Waals surface area contributed by atoms with Gasteiger partial charge in [-0.25, -0.2) is 4.98 Å². The molecular formula is C12H13Cl2N3S. The summed E-state index contributed by atoms with van der Waals surface area (Å²) in [6.07, 6.45) is 4.56. The van der Waals surface area contributed by atoms with E-state index in [0.717, 1.165) is 23.0 Å². The number of aromatic nitrogens is 2. The van der Waals surface area contributed by atoms with Crippen LogP contribution in [-0.2, 0) is 12.3 Å². The normalized spacial score (nSPS) is 10.6. The molecule has 2 rings (SSSR count). The number of nitrogens with zero attached hydrogens (tertiary/aromatic N) is 3. The summed E-state index contributed by atoms with van der Waals surface area (Å²) in [5, 5.41) is 1.42. The average Bonchev–Trinajstić information content (AvgIpc) is 2.78. The number of anilines is 1. The molecule has 2 aromatic heterocycles. The summed E-state index contributed by atoms with van der Waals surface area (Å²) < 4.78 is 0. The van der Waals surface area contributed by atoms with E-state index in [-0.39, 0.29) is 0 Å². The third-order valence-electron chi connectivity index (χ3n) is 2.57. The van der Waals surface area contributed by atoms with Gasteiger partial charge in [-0.3, -0.25) is 4.98 Å². The number of alkyl halides is 1. The zero-order chi connectivity index (χ0) is 13.0. The van der Waals surface area contributed by atoms with Crippen molar-refractivity contribution in [2.24, 2.45) is 0 Å². The summed E-state index contributed by atoms with van der Waals surface area (Å²) in [7, 11) is 2.01. The predicted octanol–water partition coefficient (Wildman–Crippen LogP) is 3.61. The van der Waals surface area contributed by atoms with Gasteiger partial charge in [-0.15, -0.1) is 11.6 Å². The maximum atomic E-state index is 5.99. The maximum Gasteiger partial charge on any atom is 0.186 e. The lowest BCUT2D eigenvalue weighted by atomic mass is 10.2. The Labute approximate surface area is 120 Å². The van der Waals surface area contributed by atoms with Crippen LogP contribution in [0.15, 0.2) is 24.5 Å². The molecule has 96 valence electrons. The van der Waals surface area contributed by atoms with Crippen LogP contribution in [0.25, 0.3) is 0 Å². The van der Waals surface area contributed by atoms with Crippen molar-refractivity contribution in [2.75, 3.05) is 18.5 Å². The minimum atomic E-state index is 0.411. The summed E-state index contributed by atoms with van der Waals surface area (Å²) >= 11 is 13.3. The van der Waals surface area contributed by atoms with Crippen molar-refractivity contribution in [3.05, 3.63) is 40.1 Å². The van der Waals surface area contributed by atoms with Crippen LogP contribution < -0.4 is 4.90 Å². The minimum absolute atomic E-state index is 0.411. The molecule has 0 N–H and O–H groups in total. The fourth-order valence-corrected chi connectivity index (χ4v) is 2.97.